The molecule has 0 spiro atoms. The van der Waals surface area contributed by atoms with E-state index in [0.717, 1.165) is 73.8 Å². The number of hydrogen-bond acceptors (Lipinski definition) is 7. The van der Waals surface area contributed by atoms with Gasteiger partial charge in [0.2, 0.25) is 0 Å². The lowest BCUT2D eigenvalue weighted by Gasteiger charge is -2.26. The van der Waals surface area contributed by atoms with Gasteiger partial charge in [-0.25, -0.2) is 4.68 Å². The van der Waals surface area contributed by atoms with Crippen molar-refractivity contribution >= 4 is 23.4 Å². The van der Waals surface area contributed by atoms with Gasteiger partial charge in [-0.2, -0.15) is 0 Å². The molecule has 4 aromatic rings. The summed E-state index contributed by atoms with van der Waals surface area (Å²) in [5.74, 6) is -0.519. The van der Waals surface area contributed by atoms with Crippen LogP contribution in [0.1, 0.15) is 47.4 Å². The summed E-state index contributed by atoms with van der Waals surface area (Å²) in [6.45, 7) is 14.8. The minimum Gasteiger partial charge on any atom is -0.405 e. The van der Waals surface area contributed by atoms with Gasteiger partial charge in [0.15, 0.2) is 0 Å². The van der Waals surface area contributed by atoms with Gasteiger partial charge in [-0.3, -0.25) is 19.2 Å². The molecule has 48 heavy (non-hydrogen) atoms. The number of rotatable bonds is 13. The molecule has 10 heteroatoms. The molecule has 1 fully saturated rings. The van der Waals surface area contributed by atoms with Crippen LogP contribution >= 0.6 is 0 Å². The number of para-hydroxylation sites is 1. The van der Waals surface area contributed by atoms with Crippen molar-refractivity contribution in [2.24, 2.45) is 5.73 Å². The predicted molar refractivity (Wildman–Crippen MR) is 193 cm³/mol. The molecule has 2 heterocycles. The van der Waals surface area contributed by atoms with E-state index in [0.29, 0.717) is 17.1 Å². The number of amides is 1. The highest BCUT2D eigenvalue weighted by molar-refractivity contribution is 6.05. The first-order valence-corrected chi connectivity index (χ1v) is 16.3. The first-order chi connectivity index (χ1) is 23.1. The van der Waals surface area contributed by atoms with Gasteiger partial charge in [-0.15, -0.1) is 0 Å². The molecule has 1 aromatic heterocycles. The summed E-state index contributed by atoms with van der Waals surface area (Å²) < 4.78 is 8.54. The van der Waals surface area contributed by atoms with Gasteiger partial charge in [0.05, 0.1) is 36.7 Å². The lowest BCUT2D eigenvalue weighted by molar-refractivity contribution is 0.0375. The SMILES string of the molecule is C=C(NCCCN1CCOCC1)c1cccc(-c2ccc(NC(=O)c3c(C)n(CC(C)(C)O)n(-c4ccccc4)c3=O)cc2)c1/C=C\N. The van der Waals surface area contributed by atoms with E-state index in [-0.39, 0.29) is 12.1 Å². The second-order valence-electron chi connectivity index (χ2n) is 12.7. The van der Waals surface area contributed by atoms with Crippen LogP contribution in [0, 0.1) is 6.92 Å². The highest BCUT2D eigenvalue weighted by Gasteiger charge is 2.27. The Morgan fingerprint density at radius 2 is 1.75 bits per heavy atom. The number of carbonyl (C=O) groups excluding carboxylic acids is 1. The van der Waals surface area contributed by atoms with Crippen LogP contribution in [-0.4, -0.2) is 70.3 Å². The maximum atomic E-state index is 13.7. The van der Waals surface area contributed by atoms with E-state index in [1.54, 1.807) is 37.6 Å². The van der Waals surface area contributed by atoms with Crippen LogP contribution < -0.4 is 21.9 Å². The molecule has 1 aliphatic heterocycles. The normalized spacial score (nSPS) is 13.9. The van der Waals surface area contributed by atoms with Crippen molar-refractivity contribution in [1.29, 1.82) is 0 Å². The molecular formula is C38H46N6O4. The number of carbonyl (C=O) groups is 1. The molecule has 1 saturated heterocycles. The summed E-state index contributed by atoms with van der Waals surface area (Å²) in [6.07, 6.45) is 4.40. The van der Waals surface area contributed by atoms with Crippen LogP contribution in [0.3, 0.4) is 0 Å². The molecular weight excluding hydrogens is 604 g/mol. The van der Waals surface area contributed by atoms with Gasteiger partial charge < -0.3 is 26.2 Å². The average Bonchev–Trinajstić information content (AvgIpc) is 3.31. The van der Waals surface area contributed by atoms with Gasteiger partial charge in [0.25, 0.3) is 11.5 Å². The Bertz CT molecular complexity index is 1810. The van der Waals surface area contributed by atoms with E-state index in [2.05, 4.69) is 22.1 Å². The molecule has 0 saturated carbocycles. The number of hydrogen-bond donors (Lipinski definition) is 4. The van der Waals surface area contributed by atoms with Crippen LogP contribution in [0.4, 0.5) is 5.69 Å². The number of nitrogens with one attached hydrogen (secondary N) is 2. The zero-order valence-electron chi connectivity index (χ0n) is 28.0. The smallest absolute Gasteiger partial charge is 0.284 e. The Morgan fingerprint density at radius 1 is 1.04 bits per heavy atom. The van der Waals surface area contributed by atoms with E-state index in [4.69, 9.17) is 10.5 Å². The maximum absolute atomic E-state index is 13.7. The number of ether oxygens (including phenoxy) is 1. The number of anilines is 1. The summed E-state index contributed by atoms with van der Waals surface area (Å²) in [7, 11) is 0. The molecule has 0 aliphatic carbocycles. The van der Waals surface area contributed by atoms with Gasteiger partial charge in [0.1, 0.15) is 5.56 Å². The molecule has 0 bridgehead atoms. The minimum atomic E-state index is -1.11. The Kier molecular flexibility index (Phi) is 11.0. The maximum Gasteiger partial charge on any atom is 0.284 e. The van der Waals surface area contributed by atoms with Crippen molar-refractivity contribution in [3.8, 4) is 16.8 Å². The van der Waals surface area contributed by atoms with E-state index in [9.17, 15) is 14.7 Å². The Labute approximate surface area is 282 Å². The highest BCUT2D eigenvalue weighted by Crippen LogP contribution is 2.31. The second-order valence-corrected chi connectivity index (χ2v) is 12.7. The molecule has 0 atom stereocenters. The molecule has 10 nitrogen and oxygen atoms in total. The summed E-state index contributed by atoms with van der Waals surface area (Å²) in [4.78, 5) is 29.7. The average molecular weight is 651 g/mol. The third kappa shape index (κ3) is 8.14. The van der Waals surface area contributed by atoms with Crippen LogP contribution in [-0.2, 0) is 11.3 Å². The monoisotopic (exact) mass is 650 g/mol. The number of benzene rings is 3. The van der Waals surface area contributed by atoms with Crippen LogP contribution in [0.15, 0.2) is 90.4 Å². The molecule has 5 rings (SSSR count). The van der Waals surface area contributed by atoms with Crippen LogP contribution in [0.25, 0.3) is 28.6 Å². The fraction of sp³-hybridized carbons (Fsp3) is 0.316. The van der Waals surface area contributed by atoms with Gasteiger partial charge in [-0.05, 0) is 87.0 Å². The Balaban J connectivity index is 1.34. The topological polar surface area (TPSA) is 127 Å². The zero-order chi connectivity index (χ0) is 34.3. The van der Waals surface area contributed by atoms with Gasteiger partial charge in [0, 0.05) is 36.6 Å². The van der Waals surface area contributed by atoms with Gasteiger partial charge >= 0.3 is 0 Å². The zero-order valence-corrected chi connectivity index (χ0v) is 28.0. The van der Waals surface area contributed by atoms with Crippen molar-refractivity contribution in [1.82, 2.24) is 19.6 Å². The van der Waals surface area contributed by atoms with Crippen LogP contribution in [0.5, 0.6) is 0 Å². The summed E-state index contributed by atoms with van der Waals surface area (Å²) >= 11 is 0. The lowest BCUT2D eigenvalue weighted by Crippen LogP contribution is -2.37. The number of nitrogens with two attached hydrogens (primary N) is 1. The third-order valence-electron chi connectivity index (χ3n) is 8.40. The largest absolute Gasteiger partial charge is 0.405 e. The first-order valence-electron chi connectivity index (χ1n) is 16.3. The predicted octanol–water partition coefficient (Wildman–Crippen LogP) is 4.85. The third-order valence-corrected chi connectivity index (χ3v) is 8.40. The number of nitrogens with zero attached hydrogens (tertiary/aromatic N) is 3. The fourth-order valence-corrected chi connectivity index (χ4v) is 6.04. The van der Waals surface area contributed by atoms with E-state index < -0.39 is 17.1 Å². The molecule has 1 amide bonds. The second kappa shape index (κ2) is 15.3. The van der Waals surface area contributed by atoms with Crippen molar-refractivity contribution < 1.29 is 14.6 Å². The summed E-state index contributed by atoms with van der Waals surface area (Å²) in [5.41, 5.74) is 10.6. The molecule has 3 aromatic carbocycles. The molecule has 1 aliphatic rings. The van der Waals surface area contributed by atoms with Crippen LogP contribution in [0.2, 0.25) is 0 Å². The molecule has 252 valence electrons. The summed E-state index contributed by atoms with van der Waals surface area (Å²) in [5, 5.41) is 17.0. The molecule has 0 unspecified atom stereocenters. The Hall–Kier alpha value is -4.90. The van der Waals surface area contributed by atoms with Gasteiger partial charge in [-0.1, -0.05) is 55.1 Å². The number of aliphatic hydroxyl groups is 1. The van der Waals surface area contributed by atoms with E-state index >= 15 is 0 Å². The molecule has 0 radical (unpaired) electrons. The number of morpholine rings is 1. The lowest BCUT2D eigenvalue weighted by atomic mass is 9.93. The first kappa shape index (κ1) is 34.4. The van der Waals surface area contributed by atoms with Crippen molar-refractivity contribution in [2.75, 3.05) is 44.7 Å². The summed E-state index contributed by atoms with van der Waals surface area (Å²) in [6, 6.07) is 22.6. The minimum absolute atomic E-state index is 0.0196. The standard InChI is InChI=1S/C38H46N6O4/c1-27(40-20-9-21-42-22-24-48-25-23-42)32-12-8-13-33(34(32)18-19-39)29-14-16-30(17-15-29)41-36(45)35-28(2)43(26-38(3,4)47)44(37(35)46)31-10-6-5-7-11-31/h5-8,10-19,40,47H,1,9,20-26,39H2,2-4H3,(H,41,45)/b19-18-. The quantitative estimate of drug-likeness (QED) is 0.153. The van der Waals surface area contributed by atoms with E-state index in [1.807, 2.05) is 66.7 Å². The fourth-order valence-electron chi connectivity index (χ4n) is 6.04. The number of aromatic nitrogens is 2. The molecule has 5 N–H and O–H groups in total. The van der Waals surface area contributed by atoms with Crippen molar-refractivity contribution in [2.45, 2.75) is 39.3 Å². The Morgan fingerprint density at radius 3 is 2.42 bits per heavy atom. The highest BCUT2D eigenvalue weighted by atomic mass is 16.5. The van der Waals surface area contributed by atoms with Crippen molar-refractivity contribution in [3.05, 3.63) is 118 Å². The van der Waals surface area contributed by atoms with E-state index in [1.165, 1.54) is 10.9 Å². The van der Waals surface area contributed by atoms with Crippen molar-refractivity contribution in [3.63, 3.8) is 0 Å².